The van der Waals surface area contributed by atoms with Gasteiger partial charge in [0.2, 0.25) is 0 Å². The monoisotopic (exact) mass is 409 g/mol. The fraction of sp³-hybridized carbons (Fsp3) is 0.455. The van der Waals surface area contributed by atoms with Crippen LogP contribution >= 0.6 is 0 Å². The molecule has 4 rings (SSSR count). The van der Waals surface area contributed by atoms with Crippen molar-refractivity contribution in [3.05, 3.63) is 58.0 Å². The Morgan fingerprint density at radius 2 is 2.13 bits per heavy atom. The van der Waals surface area contributed by atoms with Crippen LogP contribution in [0.1, 0.15) is 49.9 Å². The highest BCUT2D eigenvalue weighted by Gasteiger charge is 2.39. The van der Waals surface area contributed by atoms with Crippen molar-refractivity contribution < 1.29 is 10.2 Å². The van der Waals surface area contributed by atoms with Crippen LogP contribution in [0, 0.1) is 17.2 Å². The van der Waals surface area contributed by atoms with E-state index in [-0.39, 0.29) is 17.5 Å². The molecule has 1 aromatic heterocycles. The van der Waals surface area contributed by atoms with E-state index in [1.165, 1.54) is 0 Å². The SMILES string of the molecule is CC(O)(CO)c1cccc(NC2NN(C3CCCCC3C#N)c3cc[nH]c(=O)c32)c1. The number of pyridine rings is 1. The minimum Gasteiger partial charge on any atom is -0.393 e. The molecule has 5 N–H and O–H groups in total. The van der Waals surface area contributed by atoms with Crippen molar-refractivity contribution in [2.24, 2.45) is 5.92 Å². The number of hydrogen-bond acceptors (Lipinski definition) is 7. The Labute approximate surface area is 175 Å². The Morgan fingerprint density at radius 1 is 1.33 bits per heavy atom. The molecule has 2 aromatic rings. The van der Waals surface area contributed by atoms with Crippen LogP contribution in [0.4, 0.5) is 11.4 Å². The number of H-pyrrole nitrogens is 1. The zero-order valence-electron chi connectivity index (χ0n) is 16.9. The van der Waals surface area contributed by atoms with E-state index in [1.807, 2.05) is 17.1 Å². The normalized spacial score (nSPS) is 25.3. The molecule has 4 unspecified atom stereocenters. The maximum absolute atomic E-state index is 12.7. The molecule has 0 spiro atoms. The average molecular weight is 409 g/mol. The lowest BCUT2D eigenvalue weighted by molar-refractivity contribution is -0.00224. The topological polar surface area (TPSA) is 124 Å². The Kier molecular flexibility index (Phi) is 5.52. The Hall–Kier alpha value is -2.86. The van der Waals surface area contributed by atoms with Crippen molar-refractivity contribution >= 4 is 11.4 Å². The summed E-state index contributed by atoms with van der Waals surface area (Å²) in [6, 6.07) is 11.4. The molecule has 1 aliphatic carbocycles. The van der Waals surface area contributed by atoms with Crippen molar-refractivity contribution in [2.75, 3.05) is 16.9 Å². The third kappa shape index (κ3) is 3.67. The van der Waals surface area contributed by atoms with Crippen LogP contribution in [-0.4, -0.2) is 27.8 Å². The first kappa shape index (κ1) is 20.4. The van der Waals surface area contributed by atoms with E-state index in [2.05, 4.69) is 21.8 Å². The number of nitriles is 1. The van der Waals surface area contributed by atoms with Gasteiger partial charge in [-0.25, -0.2) is 5.43 Å². The second kappa shape index (κ2) is 8.11. The lowest BCUT2D eigenvalue weighted by atomic mass is 9.85. The number of hydrogen-bond donors (Lipinski definition) is 5. The van der Waals surface area contributed by atoms with Crippen molar-refractivity contribution in [3.63, 3.8) is 0 Å². The number of aliphatic hydroxyl groups is 2. The number of aromatic amines is 1. The molecule has 4 atom stereocenters. The van der Waals surface area contributed by atoms with Gasteiger partial charge < -0.3 is 25.5 Å². The molecule has 0 amide bonds. The summed E-state index contributed by atoms with van der Waals surface area (Å²) < 4.78 is 0. The molecule has 2 heterocycles. The number of benzene rings is 1. The van der Waals surface area contributed by atoms with Crippen LogP contribution in [0.5, 0.6) is 0 Å². The van der Waals surface area contributed by atoms with Gasteiger partial charge in [-0.05, 0) is 43.5 Å². The molecule has 1 fully saturated rings. The van der Waals surface area contributed by atoms with Gasteiger partial charge in [0.25, 0.3) is 5.56 Å². The first-order valence-corrected chi connectivity index (χ1v) is 10.3. The fourth-order valence-electron chi connectivity index (χ4n) is 4.39. The van der Waals surface area contributed by atoms with E-state index in [0.717, 1.165) is 31.4 Å². The van der Waals surface area contributed by atoms with Gasteiger partial charge in [0.1, 0.15) is 11.8 Å². The lowest BCUT2D eigenvalue weighted by Crippen LogP contribution is -2.49. The van der Waals surface area contributed by atoms with Gasteiger partial charge >= 0.3 is 0 Å². The number of anilines is 2. The van der Waals surface area contributed by atoms with Gasteiger partial charge in [-0.1, -0.05) is 25.0 Å². The van der Waals surface area contributed by atoms with E-state index in [4.69, 9.17) is 0 Å². The van der Waals surface area contributed by atoms with Crippen LogP contribution in [0.2, 0.25) is 0 Å². The van der Waals surface area contributed by atoms with Crippen LogP contribution in [-0.2, 0) is 5.60 Å². The fourth-order valence-corrected chi connectivity index (χ4v) is 4.39. The van der Waals surface area contributed by atoms with Gasteiger partial charge in [-0.3, -0.25) is 4.79 Å². The van der Waals surface area contributed by atoms with E-state index in [0.29, 0.717) is 16.8 Å². The molecule has 2 aliphatic rings. The second-order valence-corrected chi connectivity index (χ2v) is 8.28. The summed E-state index contributed by atoms with van der Waals surface area (Å²) in [6.45, 7) is 1.15. The van der Waals surface area contributed by atoms with Crippen molar-refractivity contribution in [3.8, 4) is 6.07 Å². The molecule has 0 radical (unpaired) electrons. The molecule has 158 valence electrons. The maximum atomic E-state index is 12.7. The van der Waals surface area contributed by atoms with Gasteiger partial charge in [0.05, 0.1) is 35.9 Å². The molecular formula is C22H27N5O3. The predicted octanol–water partition coefficient (Wildman–Crippen LogP) is 2.09. The minimum absolute atomic E-state index is 0.00226. The van der Waals surface area contributed by atoms with Gasteiger partial charge in [-0.2, -0.15) is 5.26 Å². The molecule has 8 nitrogen and oxygen atoms in total. The number of hydrazine groups is 1. The average Bonchev–Trinajstić information content (AvgIpc) is 3.13. The summed E-state index contributed by atoms with van der Waals surface area (Å²) in [5, 5.41) is 34.7. The van der Waals surface area contributed by atoms with Gasteiger partial charge in [0.15, 0.2) is 0 Å². The van der Waals surface area contributed by atoms with E-state index in [1.54, 1.807) is 31.3 Å². The number of rotatable bonds is 5. The summed E-state index contributed by atoms with van der Waals surface area (Å²) in [5.74, 6) is -0.0971. The third-order valence-electron chi connectivity index (χ3n) is 6.12. The van der Waals surface area contributed by atoms with Crippen LogP contribution < -0.4 is 21.3 Å². The predicted molar refractivity (Wildman–Crippen MR) is 113 cm³/mol. The van der Waals surface area contributed by atoms with E-state index < -0.39 is 18.4 Å². The largest absolute Gasteiger partial charge is 0.393 e. The first-order valence-electron chi connectivity index (χ1n) is 10.3. The highest BCUT2D eigenvalue weighted by atomic mass is 16.3. The van der Waals surface area contributed by atoms with Crippen molar-refractivity contribution in [1.29, 1.82) is 5.26 Å². The van der Waals surface area contributed by atoms with Crippen LogP contribution in [0.15, 0.2) is 41.3 Å². The molecule has 1 aliphatic heterocycles. The summed E-state index contributed by atoms with van der Waals surface area (Å²) in [6.07, 6.45) is 4.98. The molecule has 8 heteroatoms. The minimum atomic E-state index is -1.36. The molecule has 1 saturated carbocycles. The molecule has 0 saturated heterocycles. The van der Waals surface area contributed by atoms with Crippen LogP contribution in [0.25, 0.3) is 0 Å². The number of aliphatic hydroxyl groups excluding tert-OH is 1. The summed E-state index contributed by atoms with van der Waals surface area (Å²) >= 11 is 0. The highest BCUT2D eigenvalue weighted by molar-refractivity contribution is 5.61. The zero-order chi connectivity index (χ0) is 21.3. The van der Waals surface area contributed by atoms with Gasteiger partial charge in [-0.15, -0.1) is 0 Å². The summed E-state index contributed by atoms with van der Waals surface area (Å²) in [5.41, 5.74) is 4.47. The third-order valence-corrected chi connectivity index (χ3v) is 6.12. The number of aromatic nitrogens is 1. The van der Waals surface area contributed by atoms with E-state index in [9.17, 15) is 20.3 Å². The lowest BCUT2D eigenvalue weighted by Gasteiger charge is -2.36. The second-order valence-electron chi connectivity index (χ2n) is 8.28. The number of fused-ring (bicyclic) bond motifs is 1. The molecular weight excluding hydrogens is 382 g/mol. The van der Waals surface area contributed by atoms with Crippen LogP contribution in [0.3, 0.4) is 0 Å². The van der Waals surface area contributed by atoms with Gasteiger partial charge in [0, 0.05) is 11.9 Å². The first-order chi connectivity index (χ1) is 14.4. The smallest absolute Gasteiger partial charge is 0.256 e. The zero-order valence-corrected chi connectivity index (χ0v) is 16.9. The maximum Gasteiger partial charge on any atom is 0.256 e. The Morgan fingerprint density at radius 3 is 2.90 bits per heavy atom. The van der Waals surface area contributed by atoms with E-state index >= 15 is 0 Å². The Bertz CT molecular complexity index is 1010. The quantitative estimate of drug-likeness (QED) is 0.512. The molecule has 1 aromatic carbocycles. The number of nitrogens with zero attached hydrogens (tertiary/aromatic N) is 2. The molecule has 30 heavy (non-hydrogen) atoms. The molecule has 0 bridgehead atoms. The highest BCUT2D eigenvalue weighted by Crippen LogP contribution is 2.37. The van der Waals surface area contributed by atoms with Crippen molar-refractivity contribution in [2.45, 2.75) is 50.4 Å². The summed E-state index contributed by atoms with van der Waals surface area (Å²) in [7, 11) is 0. The Balaban J connectivity index is 1.65. The summed E-state index contributed by atoms with van der Waals surface area (Å²) in [4.78, 5) is 15.4. The number of nitrogens with one attached hydrogen (secondary N) is 3. The standard InChI is InChI=1S/C22H27N5O3/c1-22(30,13-28)15-6-4-7-16(11-15)25-20-19-18(9-10-24-21(19)29)27(26-20)17-8-3-2-5-14(17)12-23/h4,6-7,9-11,14,17,20,25-26,28,30H,2-3,5,8,13H2,1H3,(H,24,29). The van der Waals surface area contributed by atoms with Crippen molar-refractivity contribution in [1.82, 2.24) is 10.4 Å².